The van der Waals surface area contributed by atoms with E-state index in [1.165, 1.54) is 64.7 Å². The van der Waals surface area contributed by atoms with E-state index < -0.39 is 0 Å². The number of nitrogens with zero attached hydrogens (tertiary/aromatic N) is 1. The van der Waals surface area contributed by atoms with Crippen LogP contribution < -0.4 is 5.32 Å². The molecule has 1 heterocycles. The summed E-state index contributed by atoms with van der Waals surface area (Å²) in [5, 5.41) is 3.50. The first-order valence-electron chi connectivity index (χ1n) is 7.24. The van der Waals surface area contributed by atoms with E-state index in [4.69, 9.17) is 0 Å². The van der Waals surface area contributed by atoms with Gasteiger partial charge in [0.2, 0.25) is 0 Å². The molecule has 0 unspecified atom stereocenters. The van der Waals surface area contributed by atoms with Crippen molar-refractivity contribution < 1.29 is 0 Å². The lowest BCUT2D eigenvalue weighted by atomic mass is 9.67. The minimum atomic E-state index is 0.731. The van der Waals surface area contributed by atoms with E-state index in [0.29, 0.717) is 0 Å². The third-order valence-corrected chi connectivity index (χ3v) is 5.01. The maximum Gasteiger partial charge on any atom is 0.00954 e. The van der Waals surface area contributed by atoms with Gasteiger partial charge in [0.1, 0.15) is 0 Å². The van der Waals surface area contributed by atoms with E-state index in [9.17, 15) is 0 Å². The molecule has 1 spiro atoms. The zero-order valence-electron chi connectivity index (χ0n) is 11.1. The van der Waals surface area contributed by atoms with Gasteiger partial charge in [-0.15, -0.1) is 0 Å². The van der Waals surface area contributed by atoms with Crippen LogP contribution in [0.5, 0.6) is 0 Å². The Kier molecular flexibility index (Phi) is 4.26. The van der Waals surface area contributed by atoms with E-state index in [1.807, 2.05) is 0 Å². The summed E-state index contributed by atoms with van der Waals surface area (Å²) in [5.41, 5.74) is 0.731. The van der Waals surface area contributed by atoms with Crippen LogP contribution in [0, 0.1) is 5.41 Å². The van der Waals surface area contributed by atoms with Crippen LogP contribution in [0.1, 0.15) is 52.4 Å². The van der Waals surface area contributed by atoms with Gasteiger partial charge in [0, 0.05) is 6.04 Å². The van der Waals surface area contributed by atoms with Crippen molar-refractivity contribution in [3.05, 3.63) is 0 Å². The third-order valence-electron chi connectivity index (χ3n) is 5.01. The van der Waals surface area contributed by atoms with Crippen LogP contribution in [0.3, 0.4) is 0 Å². The highest BCUT2D eigenvalue weighted by Crippen LogP contribution is 2.44. The minimum absolute atomic E-state index is 0.731. The minimum Gasteiger partial charge on any atom is -0.317 e. The Balaban J connectivity index is 1.85. The summed E-state index contributed by atoms with van der Waals surface area (Å²) in [6.45, 7) is 9.59. The Labute approximate surface area is 101 Å². The topological polar surface area (TPSA) is 15.3 Å². The maximum absolute atomic E-state index is 3.50. The van der Waals surface area contributed by atoms with Gasteiger partial charge in [-0.05, 0) is 70.1 Å². The number of hydrogen-bond donors (Lipinski definition) is 1. The molecule has 2 nitrogen and oxygen atoms in total. The molecule has 0 bridgehead atoms. The van der Waals surface area contributed by atoms with Crippen LogP contribution in [0.15, 0.2) is 0 Å². The molecule has 1 saturated carbocycles. The smallest absolute Gasteiger partial charge is 0.00954 e. The van der Waals surface area contributed by atoms with Crippen molar-refractivity contribution in [1.29, 1.82) is 0 Å². The standard InChI is InChI=1S/C14H28N2/c1-3-16(4-2)13-5-7-14(8-6-13)9-11-15-12-10-14/h13,15H,3-12H2,1-2H3. The Morgan fingerprint density at radius 2 is 1.56 bits per heavy atom. The molecule has 2 heteroatoms. The largest absolute Gasteiger partial charge is 0.317 e. The van der Waals surface area contributed by atoms with Crippen molar-refractivity contribution in [2.45, 2.75) is 58.4 Å². The van der Waals surface area contributed by atoms with Gasteiger partial charge >= 0.3 is 0 Å². The van der Waals surface area contributed by atoms with E-state index in [-0.39, 0.29) is 0 Å². The summed E-state index contributed by atoms with van der Waals surface area (Å²) in [4.78, 5) is 2.66. The van der Waals surface area contributed by atoms with Crippen molar-refractivity contribution in [1.82, 2.24) is 10.2 Å². The lowest BCUT2D eigenvalue weighted by Crippen LogP contribution is -2.44. The van der Waals surface area contributed by atoms with Crippen molar-refractivity contribution in [2.24, 2.45) is 5.41 Å². The average molecular weight is 224 g/mol. The first-order valence-corrected chi connectivity index (χ1v) is 7.24. The summed E-state index contributed by atoms with van der Waals surface area (Å²) < 4.78 is 0. The first-order chi connectivity index (χ1) is 7.79. The highest BCUT2D eigenvalue weighted by atomic mass is 15.1. The SMILES string of the molecule is CCN(CC)C1CCC2(CCNCC2)CC1. The zero-order valence-corrected chi connectivity index (χ0v) is 11.1. The molecule has 2 aliphatic rings. The number of rotatable bonds is 3. The number of piperidine rings is 1. The number of nitrogens with one attached hydrogen (secondary N) is 1. The normalized spacial score (nSPS) is 26.4. The molecule has 0 aromatic carbocycles. The molecule has 1 N–H and O–H groups in total. The van der Waals surface area contributed by atoms with Gasteiger partial charge in [-0.3, -0.25) is 0 Å². The first kappa shape index (κ1) is 12.4. The van der Waals surface area contributed by atoms with E-state index in [2.05, 4.69) is 24.1 Å². The molecule has 1 saturated heterocycles. The lowest BCUT2D eigenvalue weighted by molar-refractivity contribution is 0.0701. The highest BCUT2D eigenvalue weighted by molar-refractivity contribution is 4.91. The quantitative estimate of drug-likeness (QED) is 0.793. The molecule has 0 aromatic rings. The summed E-state index contributed by atoms with van der Waals surface area (Å²) in [6, 6.07) is 0.885. The van der Waals surface area contributed by atoms with E-state index in [0.717, 1.165) is 11.5 Å². The molecule has 2 rings (SSSR count). The second kappa shape index (κ2) is 5.50. The van der Waals surface area contributed by atoms with Gasteiger partial charge in [-0.25, -0.2) is 0 Å². The fourth-order valence-corrected chi connectivity index (χ4v) is 3.78. The molecule has 2 fully saturated rings. The fraction of sp³-hybridized carbons (Fsp3) is 1.00. The summed E-state index contributed by atoms with van der Waals surface area (Å²) in [7, 11) is 0. The second-order valence-electron chi connectivity index (χ2n) is 5.70. The van der Waals surface area contributed by atoms with Crippen LogP contribution in [0.25, 0.3) is 0 Å². The molecule has 1 aliphatic heterocycles. The molecule has 94 valence electrons. The van der Waals surface area contributed by atoms with Crippen LogP contribution in [-0.2, 0) is 0 Å². The molecule has 0 aromatic heterocycles. The predicted molar refractivity (Wildman–Crippen MR) is 69.7 cm³/mol. The van der Waals surface area contributed by atoms with Gasteiger partial charge in [0.15, 0.2) is 0 Å². The monoisotopic (exact) mass is 224 g/mol. The van der Waals surface area contributed by atoms with E-state index >= 15 is 0 Å². The molecule has 1 aliphatic carbocycles. The van der Waals surface area contributed by atoms with Gasteiger partial charge in [-0.2, -0.15) is 0 Å². The highest BCUT2D eigenvalue weighted by Gasteiger charge is 2.37. The van der Waals surface area contributed by atoms with Crippen LogP contribution in [0.4, 0.5) is 0 Å². The van der Waals surface area contributed by atoms with Crippen molar-refractivity contribution in [3.63, 3.8) is 0 Å². The molecular formula is C14H28N2. The third kappa shape index (κ3) is 2.60. The Morgan fingerprint density at radius 1 is 1.00 bits per heavy atom. The van der Waals surface area contributed by atoms with Crippen LogP contribution in [0.2, 0.25) is 0 Å². The predicted octanol–water partition coefficient (Wildman–Crippen LogP) is 2.64. The Bertz CT molecular complexity index is 195. The van der Waals surface area contributed by atoms with Crippen molar-refractivity contribution in [3.8, 4) is 0 Å². The summed E-state index contributed by atoms with van der Waals surface area (Å²) in [6.07, 6.45) is 8.71. The summed E-state index contributed by atoms with van der Waals surface area (Å²) in [5.74, 6) is 0. The molecule has 0 amide bonds. The molecular weight excluding hydrogens is 196 g/mol. The van der Waals surface area contributed by atoms with Crippen molar-refractivity contribution in [2.75, 3.05) is 26.2 Å². The number of hydrogen-bond acceptors (Lipinski definition) is 2. The zero-order chi connectivity index (χ0) is 11.4. The van der Waals surface area contributed by atoms with Gasteiger partial charge < -0.3 is 10.2 Å². The average Bonchev–Trinajstić information content (AvgIpc) is 2.34. The Hall–Kier alpha value is -0.0800. The fourth-order valence-electron chi connectivity index (χ4n) is 3.78. The van der Waals surface area contributed by atoms with E-state index in [1.54, 1.807) is 0 Å². The van der Waals surface area contributed by atoms with Crippen LogP contribution in [-0.4, -0.2) is 37.1 Å². The van der Waals surface area contributed by atoms with Crippen LogP contribution >= 0.6 is 0 Å². The maximum atomic E-state index is 3.50. The van der Waals surface area contributed by atoms with Crippen molar-refractivity contribution >= 4 is 0 Å². The van der Waals surface area contributed by atoms with Gasteiger partial charge in [-0.1, -0.05) is 13.8 Å². The Morgan fingerprint density at radius 3 is 2.06 bits per heavy atom. The second-order valence-corrected chi connectivity index (χ2v) is 5.70. The van der Waals surface area contributed by atoms with Gasteiger partial charge in [0.25, 0.3) is 0 Å². The summed E-state index contributed by atoms with van der Waals surface area (Å²) >= 11 is 0. The lowest BCUT2D eigenvalue weighted by Gasteiger charge is -2.45. The molecule has 0 radical (unpaired) electrons. The molecule has 16 heavy (non-hydrogen) atoms. The molecule has 0 atom stereocenters. The van der Waals surface area contributed by atoms with Gasteiger partial charge in [0.05, 0.1) is 0 Å².